The number of ether oxygens (including phenoxy) is 1. The Morgan fingerprint density at radius 2 is 2.06 bits per heavy atom. The molecule has 0 unspecified atom stereocenters. The first-order valence-corrected chi connectivity index (χ1v) is 5.85. The number of hydrogen-bond donors (Lipinski definition) is 1. The van der Waals surface area contributed by atoms with Crippen molar-refractivity contribution in [3.63, 3.8) is 0 Å². The quantitative estimate of drug-likeness (QED) is 0.796. The van der Waals surface area contributed by atoms with Gasteiger partial charge in [0.15, 0.2) is 0 Å². The minimum Gasteiger partial charge on any atom is -0.465 e. The van der Waals surface area contributed by atoms with Gasteiger partial charge in [0, 0.05) is 19.7 Å². The Kier molecular flexibility index (Phi) is 3.98. The van der Waals surface area contributed by atoms with Crippen LogP contribution in [0.15, 0.2) is 30.3 Å². The van der Waals surface area contributed by atoms with Crippen molar-refractivity contribution < 1.29 is 14.6 Å². The van der Waals surface area contributed by atoms with E-state index in [-0.39, 0.29) is 0 Å². The molecule has 92 valence electrons. The molecule has 1 saturated heterocycles. The topological polar surface area (TPSA) is 49.8 Å². The Hall–Kier alpha value is -1.55. The van der Waals surface area contributed by atoms with Crippen molar-refractivity contribution in [2.75, 3.05) is 19.7 Å². The van der Waals surface area contributed by atoms with Crippen LogP contribution in [-0.2, 0) is 11.3 Å². The van der Waals surface area contributed by atoms with E-state index in [0.717, 1.165) is 6.42 Å². The molecule has 1 aromatic carbocycles. The molecule has 4 heteroatoms. The van der Waals surface area contributed by atoms with E-state index in [9.17, 15) is 4.79 Å². The number of rotatable bonds is 5. The van der Waals surface area contributed by atoms with Crippen molar-refractivity contribution in [1.29, 1.82) is 0 Å². The highest BCUT2D eigenvalue weighted by Gasteiger charge is 2.29. The van der Waals surface area contributed by atoms with Crippen LogP contribution in [0.3, 0.4) is 0 Å². The molecule has 1 N–H and O–H groups in total. The highest BCUT2D eigenvalue weighted by Crippen LogP contribution is 2.18. The number of carbonyl (C=O) groups is 1. The van der Waals surface area contributed by atoms with Gasteiger partial charge in [0.05, 0.1) is 6.61 Å². The fourth-order valence-electron chi connectivity index (χ4n) is 1.92. The van der Waals surface area contributed by atoms with E-state index >= 15 is 0 Å². The Morgan fingerprint density at radius 3 is 2.71 bits per heavy atom. The van der Waals surface area contributed by atoms with E-state index in [1.54, 1.807) is 0 Å². The van der Waals surface area contributed by atoms with Gasteiger partial charge in [-0.25, -0.2) is 4.79 Å². The summed E-state index contributed by atoms with van der Waals surface area (Å²) < 4.78 is 5.56. The molecule has 1 fully saturated rings. The van der Waals surface area contributed by atoms with E-state index in [1.807, 2.05) is 30.3 Å². The van der Waals surface area contributed by atoms with Crippen LogP contribution in [0.2, 0.25) is 0 Å². The van der Waals surface area contributed by atoms with E-state index in [0.29, 0.717) is 32.2 Å². The van der Waals surface area contributed by atoms with Gasteiger partial charge in [0.1, 0.15) is 0 Å². The van der Waals surface area contributed by atoms with Gasteiger partial charge < -0.3 is 14.7 Å². The predicted molar refractivity (Wildman–Crippen MR) is 63.8 cm³/mol. The summed E-state index contributed by atoms with van der Waals surface area (Å²) in [6.45, 7) is 2.65. The van der Waals surface area contributed by atoms with Gasteiger partial charge in [-0.2, -0.15) is 0 Å². The fourth-order valence-corrected chi connectivity index (χ4v) is 1.92. The van der Waals surface area contributed by atoms with E-state index < -0.39 is 6.09 Å². The number of likely N-dealkylation sites (tertiary alicyclic amines) is 1. The Bertz CT molecular complexity index is 360. The number of nitrogens with zero attached hydrogens (tertiary/aromatic N) is 1. The third kappa shape index (κ3) is 3.46. The molecule has 1 aromatic rings. The average Bonchev–Trinajstić information content (AvgIpc) is 2.27. The van der Waals surface area contributed by atoms with Crippen molar-refractivity contribution in [3.8, 4) is 0 Å². The summed E-state index contributed by atoms with van der Waals surface area (Å²) in [7, 11) is 0. The highest BCUT2D eigenvalue weighted by molar-refractivity contribution is 5.65. The maximum absolute atomic E-state index is 10.5. The summed E-state index contributed by atoms with van der Waals surface area (Å²) in [6, 6.07) is 10.0. The zero-order chi connectivity index (χ0) is 12.1. The third-order valence-electron chi connectivity index (χ3n) is 3.01. The molecule has 0 spiro atoms. The SMILES string of the molecule is O=C(O)N1CC(CCOCc2ccccc2)C1. The van der Waals surface area contributed by atoms with Gasteiger partial charge in [-0.15, -0.1) is 0 Å². The van der Waals surface area contributed by atoms with Crippen molar-refractivity contribution in [2.24, 2.45) is 5.92 Å². The molecule has 17 heavy (non-hydrogen) atoms. The Morgan fingerprint density at radius 1 is 1.35 bits per heavy atom. The van der Waals surface area contributed by atoms with Crippen LogP contribution in [0, 0.1) is 5.92 Å². The van der Waals surface area contributed by atoms with Gasteiger partial charge in [-0.1, -0.05) is 30.3 Å². The van der Waals surface area contributed by atoms with Crippen molar-refractivity contribution in [3.05, 3.63) is 35.9 Å². The summed E-state index contributed by atoms with van der Waals surface area (Å²) in [6.07, 6.45) is 0.128. The monoisotopic (exact) mass is 235 g/mol. The van der Waals surface area contributed by atoms with Crippen LogP contribution >= 0.6 is 0 Å². The Balaban J connectivity index is 1.55. The number of amides is 1. The van der Waals surface area contributed by atoms with Crippen LogP contribution in [0.1, 0.15) is 12.0 Å². The van der Waals surface area contributed by atoms with Gasteiger partial charge in [-0.3, -0.25) is 0 Å². The lowest BCUT2D eigenvalue weighted by atomic mass is 9.97. The molecule has 1 aliphatic heterocycles. The van der Waals surface area contributed by atoms with Crippen LogP contribution in [-0.4, -0.2) is 35.8 Å². The number of benzene rings is 1. The van der Waals surface area contributed by atoms with Crippen LogP contribution in [0.5, 0.6) is 0 Å². The molecule has 0 saturated carbocycles. The third-order valence-corrected chi connectivity index (χ3v) is 3.01. The molecule has 0 aliphatic carbocycles. The first-order chi connectivity index (χ1) is 8.25. The highest BCUT2D eigenvalue weighted by atomic mass is 16.5. The smallest absolute Gasteiger partial charge is 0.407 e. The van der Waals surface area contributed by atoms with E-state index in [2.05, 4.69) is 0 Å². The first-order valence-electron chi connectivity index (χ1n) is 5.85. The summed E-state index contributed by atoms with van der Waals surface area (Å²) in [4.78, 5) is 12.0. The molecule has 0 aromatic heterocycles. The minimum absolute atomic E-state index is 0.474. The van der Waals surface area contributed by atoms with Crippen LogP contribution in [0.4, 0.5) is 4.79 Å². The summed E-state index contributed by atoms with van der Waals surface area (Å²) in [5.74, 6) is 0.474. The van der Waals surface area contributed by atoms with Gasteiger partial charge in [-0.05, 0) is 17.9 Å². The minimum atomic E-state index is -0.813. The molecule has 1 amide bonds. The van der Waals surface area contributed by atoms with Crippen molar-refractivity contribution >= 4 is 6.09 Å². The Labute approximate surface area is 101 Å². The van der Waals surface area contributed by atoms with Crippen LogP contribution in [0.25, 0.3) is 0 Å². The molecule has 2 rings (SSSR count). The summed E-state index contributed by atoms with van der Waals surface area (Å²) in [5, 5.41) is 8.67. The van der Waals surface area contributed by atoms with Crippen LogP contribution < -0.4 is 0 Å². The second-order valence-electron chi connectivity index (χ2n) is 4.38. The van der Waals surface area contributed by atoms with Crippen molar-refractivity contribution in [1.82, 2.24) is 4.90 Å². The summed E-state index contributed by atoms with van der Waals surface area (Å²) in [5.41, 5.74) is 1.17. The second kappa shape index (κ2) is 5.68. The van der Waals surface area contributed by atoms with E-state index in [1.165, 1.54) is 10.5 Å². The number of hydrogen-bond acceptors (Lipinski definition) is 2. The molecule has 0 radical (unpaired) electrons. The van der Waals surface area contributed by atoms with Gasteiger partial charge >= 0.3 is 6.09 Å². The zero-order valence-corrected chi connectivity index (χ0v) is 9.71. The lowest BCUT2D eigenvalue weighted by Crippen LogP contribution is -2.49. The molecule has 0 atom stereocenters. The average molecular weight is 235 g/mol. The molecule has 4 nitrogen and oxygen atoms in total. The maximum atomic E-state index is 10.5. The predicted octanol–water partition coefficient (Wildman–Crippen LogP) is 2.20. The van der Waals surface area contributed by atoms with E-state index in [4.69, 9.17) is 9.84 Å². The maximum Gasteiger partial charge on any atom is 0.407 e. The summed E-state index contributed by atoms with van der Waals surface area (Å²) >= 11 is 0. The second-order valence-corrected chi connectivity index (χ2v) is 4.38. The molecule has 1 heterocycles. The molecule has 0 bridgehead atoms. The zero-order valence-electron chi connectivity index (χ0n) is 9.71. The van der Waals surface area contributed by atoms with Crippen molar-refractivity contribution in [2.45, 2.75) is 13.0 Å². The fraction of sp³-hybridized carbons (Fsp3) is 0.462. The van der Waals surface area contributed by atoms with Gasteiger partial charge in [0.25, 0.3) is 0 Å². The lowest BCUT2D eigenvalue weighted by molar-refractivity contribution is 0.0496. The number of carboxylic acid groups (broad SMARTS) is 1. The first kappa shape index (κ1) is 11.9. The molecule has 1 aliphatic rings. The largest absolute Gasteiger partial charge is 0.465 e. The lowest BCUT2D eigenvalue weighted by Gasteiger charge is -2.36. The standard InChI is InChI=1S/C13H17NO3/c15-13(16)14-8-12(9-14)6-7-17-10-11-4-2-1-3-5-11/h1-5,12H,6-10H2,(H,15,16). The molecular formula is C13H17NO3. The molecular weight excluding hydrogens is 218 g/mol. The van der Waals surface area contributed by atoms with Gasteiger partial charge in [0.2, 0.25) is 0 Å². The normalized spacial score (nSPS) is 15.6.